The Balaban J connectivity index is 1.34. The summed E-state index contributed by atoms with van der Waals surface area (Å²) < 4.78 is 74.7. The van der Waals surface area contributed by atoms with E-state index in [1.807, 2.05) is 24.3 Å². The summed E-state index contributed by atoms with van der Waals surface area (Å²) >= 11 is 1.32. The standard InChI is InChI=1S/C32H30F5N7O3S/c1-20(2)25-6-4-5-7-26(25)43-27(45)19-48-30(43)41-39-18-21-8-10-22(11-9-21)28-40-29(38-16-17-46-3)44(42-28)23-12-14-24(15-13-23)47-32(36,37)31(33,34)35/h4-15,18,20H,16-17,19H2,1-3H3,(H,38,40,42). The third-order valence-electron chi connectivity index (χ3n) is 6.94. The van der Waals surface area contributed by atoms with Crippen LogP contribution in [0.15, 0.2) is 83.0 Å². The molecule has 1 saturated heterocycles. The monoisotopic (exact) mass is 687 g/mol. The molecule has 10 nitrogen and oxygen atoms in total. The lowest BCUT2D eigenvalue weighted by molar-refractivity contribution is -0.360. The Labute approximate surface area is 276 Å². The summed E-state index contributed by atoms with van der Waals surface area (Å²) in [6, 6.07) is 19.3. The van der Waals surface area contributed by atoms with E-state index in [1.165, 1.54) is 35.7 Å². The fourth-order valence-electron chi connectivity index (χ4n) is 4.57. The van der Waals surface area contributed by atoms with E-state index in [2.05, 4.69) is 44.2 Å². The van der Waals surface area contributed by atoms with Gasteiger partial charge in [-0.2, -0.15) is 36.7 Å². The quantitative estimate of drug-likeness (QED) is 0.0732. The van der Waals surface area contributed by atoms with Crippen LogP contribution in [-0.4, -0.2) is 70.4 Å². The van der Waals surface area contributed by atoms with Gasteiger partial charge in [0.2, 0.25) is 11.9 Å². The minimum Gasteiger partial charge on any atom is -0.426 e. The predicted molar refractivity (Wildman–Crippen MR) is 174 cm³/mol. The number of thioether (sulfide) groups is 1. The second-order valence-electron chi connectivity index (χ2n) is 10.7. The van der Waals surface area contributed by atoms with Gasteiger partial charge in [0.15, 0.2) is 11.0 Å². The lowest BCUT2D eigenvalue weighted by Gasteiger charge is -2.20. The summed E-state index contributed by atoms with van der Waals surface area (Å²) in [5.74, 6) is 0.325. The van der Waals surface area contributed by atoms with Crippen molar-refractivity contribution in [3.63, 3.8) is 0 Å². The number of amides is 1. The average molecular weight is 688 g/mol. The van der Waals surface area contributed by atoms with E-state index in [1.54, 1.807) is 35.4 Å². The molecule has 0 spiro atoms. The number of nitrogens with zero attached hydrogens (tertiary/aromatic N) is 6. The summed E-state index contributed by atoms with van der Waals surface area (Å²) in [7, 11) is 1.53. The van der Waals surface area contributed by atoms with Gasteiger partial charge >= 0.3 is 12.3 Å². The van der Waals surface area contributed by atoms with Gasteiger partial charge in [-0.1, -0.05) is 68.1 Å². The molecule has 1 amide bonds. The molecule has 2 heterocycles. The van der Waals surface area contributed by atoms with E-state index in [4.69, 9.17) is 4.74 Å². The first-order valence-electron chi connectivity index (χ1n) is 14.6. The molecule has 3 aromatic carbocycles. The molecule has 1 aliphatic rings. The minimum absolute atomic E-state index is 0.0679. The second-order valence-corrected chi connectivity index (χ2v) is 11.6. The number of para-hydroxylation sites is 1. The molecule has 0 bridgehead atoms. The number of carbonyl (C=O) groups excluding carboxylic acids is 1. The van der Waals surface area contributed by atoms with E-state index in [0.29, 0.717) is 35.4 Å². The van der Waals surface area contributed by atoms with Gasteiger partial charge in [0.1, 0.15) is 5.75 Å². The zero-order valence-corrected chi connectivity index (χ0v) is 26.7. The SMILES string of the molecule is COCCNc1nc(-c2ccc(C=NN=C3SCC(=O)N3c3ccccc3C(C)C)cc2)nn1-c1ccc(OC(F)(F)C(F)(F)F)cc1. The van der Waals surface area contributed by atoms with Gasteiger partial charge in [0.25, 0.3) is 0 Å². The number of aromatic nitrogens is 3. The number of rotatable bonds is 12. The fourth-order valence-corrected chi connectivity index (χ4v) is 5.39. The van der Waals surface area contributed by atoms with Crippen LogP contribution >= 0.6 is 11.8 Å². The second kappa shape index (κ2) is 14.5. The molecule has 1 N–H and O–H groups in total. The minimum atomic E-state index is -5.86. The summed E-state index contributed by atoms with van der Waals surface area (Å²) in [6.45, 7) is 4.82. The number of hydrogen-bond acceptors (Lipinski definition) is 9. The van der Waals surface area contributed by atoms with Crippen LogP contribution < -0.4 is 15.0 Å². The van der Waals surface area contributed by atoms with E-state index in [9.17, 15) is 26.7 Å². The maximum absolute atomic E-state index is 13.3. The van der Waals surface area contributed by atoms with Crippen molar-refractivity contribution in [3.05, 3.63) is 83.9 Å². The highest BCUT2D eigenvalue weighted by molar-refractivity contribution is 8.15. The summed E-state index contributed by atoms with van der Waals surface area (Å²) in [4.78, 5) is 18.9. The number of alkyl halides is 5. The molecule has 1 aliphatic heterocycles. The molecule has 16 heteroatoms. The van der Waals surface area contributed by atoms with Crippen LogP contribution in [0.4, 0.5) is 33.6 Å². The Morgan fingerprint density at radius 1 is 1.02 bits per heavy atom. The normalized spacial score (nSPS) is 14.9. The molecule has 0 saturated carbocycles. The Bertz CT molecular complexity index is 1790. The topological polar surface area (TPSA) is 106 Å². The van der Waals surface area contributed by atoms with Crippen LogP contribution in [-0.2, 0) is 9.53 Å². The van der Waals surface area contributed by atoms with Crippen molar-refractivity contribution in [1.82, 2.24) is 14.8 Å². The van der Waals surface area contributed by atoms with Crippen molar-refractivity contribution >= 4 is 40.7 Å². The van der Waals surface area contributed by atoms with Gasteiger partial charge in [-0.15, -0.1) is 10.2 Å². The number of nitrogens with one attached hydrogen (secondary N) is 1. The van der Waals surface area contributed by atoms with E-state index >= 15 is 0 Å². The molecule has 252 valence electrons. The van der Waals surface area contributed by atoms with Gasteiger partial charge < -0.3 is 14.8 Å². The molecule has 5 rings (SSSR count). The first kappa shape index (κ1) is 34.5. The van der Waals surface area contributed by atoms with Crippen LogP contribution in [0.2, 0.25) is 0 Å². The highest BCUT2D eigenvalue weighted by Gasteiger charge is 2.61. The molecule has 1 fully saturated rings. The number of anilines is 2. The van der Waals surface area contributed by atoms with Crippen molar-refractivity contribution in [3.8, 4) is 22.8 Å². The van der Waals surface area contributed by atoms with Crippen molar-refractivity contribution in [2.24, 2.45) is 10.2 Å². The first-order valence-corrected chi connectivity index (χ1v) is 15.6. The van der Waals surface area contributed by atoms with E-state index in [0.717, 1.165) is 28.9 Å². The molecular formula is C32H30F5N7O3S. The first-order chi connectivity index (χ1) is 22.9. The fraction of sp³-hybridized carbons (Fsp3) is 0.281. The van der Waals surface area contributed by atoms with Crippen LogP contribution in [0.1, 0.15) is 30.9 Å². The highest BCUT2D eigenvalue weighted by Crippen LogP contribution is 2.37. The Morgan fingerprint density at radius 2 is 1.73 bits per heavy atom. The van der Waals surface area contributed by atoms with E-state index in [-0.39, 0.29) is 23.5 Å². The van der Waals surface area contributed by atoms with Gasteiger partial charge in [0.05, 0.1) is 29.9 Å². The van der Waals surface area contributed by atoms with Gasteiger partial charge in [-0.25, -0.2) is 0 Å². The third-order valence-corrected chi connectivity index (χ3v) is 7.85. The number of carbonyl (C=O) groups is 1. The molecule has 0 unspecified atom stereocenters. The molecule has 0 radical (unpaired) electrons. The van der Waals surface area contributed by atoms with Crippen LogP contribution in [0, 0.1) is 0 Å². The number of halogens is 5. The maximum atomic E-state index is 13.3. The largest absolute Gasteiger partial charge is 0.499 e. The Morgan fingerprint density at radius 3 is 2.40 bits per heavy atom. The Hall–Kier alpha value is -4.83. The number of hydrogen-bond donors (Lipinski definition) is 1. The molecular weight excluding hydrogens is 657 g/mol. The Kier molecular flexibility index (Phi) is 10.4. The maximum Gasteiger partial charge on any atom is 0.499 e. The van der Waals surface area contributed by atoms with Crippen molar-refractivity contribution < 1.29 is 36.2 Å². The smallest absolute Gasteiger partial charge is 0.426 e. The van der Waals surface area contributed by atoms with Crippen LogP contribution in [0.3, 0.4) is 0 Å². The summed E-state index contributed by atoms with van der Waals surface area (Å²) in [6.07, 6.45) is -9.65. The zero-order chi connectivity index (χ0) is 34.5. The van der Waals surface area contributed by atoms with Crippen LogP contribution in [0.25, 0.3) is 17.1 Å². The predicted octanol–water partition coefficient (Wildman–Crippen LogP) is 7.12. The van der Waals surface area contributed by atoms with Gasteiger partial charge in [-0.05, 0) is 47.4 Å². The van der Waals surface area contributed by atoms with Crippen molar-refractivity contribution in [1.29, 1.82) is 0 Å². The van der Waals surface area contributed by atoms with E-state index < -0.39 is 18.0 Å². The molecule has 0 aliphatic carbocycles. The lowest BCUT2D eigenvalue weighted by Crippen LogP contribution is -2.41. The average Bonchev–Trinajstić information content (AvgIpc) is 3.64. The van der Waals surface area contributed by atoms with Crippen molar-refractivity contribution in [2.75, 3.05) is 36.2 Å². The van der Waals surface area contributed by atoms with Gasteiger partial charge in [0, 0.05) is 19.2 Å². The molecule has 1 aromatic heterocycles. The number of benzene rings is 3. The molecule has 0 atom stereocenters. The third kappa shape index (κ3) is 7.82. The highest BCUT2D eigenvalue weighted by atomic mass is 32.2. The number of methoxy groups -OCH3 is 1. The summed E-state index contributed by atoms with van der Waals surface area (Å²) in [5.41, 5.74) is 3.50. The molecule has 48 heavy (non-hydrogen) atoms. The number of amidine groups is 1. The molecule has 4 aromatic rings. The van der Waals surface area contributed by atoms with Crippen LogP contribution in [0.5, 0.6) is 5.75 Å². The van der Waals surface area contributed by atoms with Crippen molar-refractivity contribution in [2.45, 2.75) is 32.1 Å². The lowest BCUT2D eigenvalue weighted by atomic mass is 10.0. The zero-order valence-electron chi connectivity index (χ0n) is 25.9. The summed E-state index contributed by atoms with van der Waals surface area (Å²) in [5, 5.41) is 16.6. The van der Waals surface area contributed by atoms with Gasteiger partial charge in [-0.3, -0.25) is 9.69 Å². The number of ether oxygens (including phenoxy) is 2.